The molecule has 2 unspecified atom stereocenters. The standard InChI is InChI=1S/C11H19NO2/c1-8(2)10(13)7-12-9(3)11-5-4-6-14-11/h4-6,8-10,12-13H,7H2,1-3H3. The van der Waals surface area contributed by atoms with Gasteiger partial charge in [-0.15, -0.1) is 0 Å². The predicted octanol–water partition coefficient (Wildman–Crippen LogP) is 1.95. The first-order valence-electron chi connectivity index (χ1n) is 5.06. The first-order valence-corrected chi connectivity index (χ1v) is 5.06. The Kier molecular flexibility index (Phi) is 4.17. The summed E-state index contributed by atoms with van der Waals surface area (Å²) in [5.74, 6) is 1.19. The van der Waals surface area contributed by atoms with E-state index in [1.54, 1.807) is 6.26 Å². The van der Waals surface area contributed by atoms with Crippen molar-refractivity contribution in [3.63, 3.8) is 0 Å². The van der Waals surface area contributed by atoms with Crippen molar-refractivity contribution in [1.82, 2.24) is 5.32 Å². The quantitative estimate of drug-likeness (QED) is 0.758. The fraction of sp³-hybridized carbons (Fsp3) is 0.636. The summed E-state index contributed by atoms with van der Waals surface area (Å²) in [7, 11) is 0. The second-order valence-electron chi connectivity index (χ2n) is 3.96. The van der Waals surface area contributed by atoms with Crippen LogP contribution in [-0.4, -0.2) is 17.8 Å². The van der Waals surface area contributed by atoms with E-state index in [0.717, 1.165) is 5.76 Å². The number of aliphatic hydroxyl groups excluding tert-OH is 1. The fourth-order valence-electron chi connectivity index (χ4n) is 1.17. The lowest BCUT2D eigenvalue weighted by molar-refractivity contribution is 0.119. The van der Waals surface area contributed by atoms with Crippen LogP contribution >= 0.6 is 0 Å². The van der Waals surface area contributed by atoms with Gasteiger partial charge < -0.3 is 14.8 Å². The van der Waals surface area contributed by atoms with Crippen LogP contribution in [0.4, 0.5) is 0 Å². The third-order valence-corrected chi connectivity index (χ3v) is 2.37. The van der Waals surface area contributed by atoms with Crippen molar-refractivity contribution in [2.45, 2.75) is 32.9 Å². The summed E-state index contributed by atoms with van der Waals surface area (Å²) in [6.45, 7) is 6.62. The van der Waals surface area contributed by atoms with E-state index in [0.29, 0.717) is 6.54 Å². The summed E-state index contributed by atoms with van der Waals surface area (Å²) in [4.78, 5) is 0. The molecule has 2 atom stereocenters. The van der Waals surface area contributed by atoms with Crippen molar-refractivity contribution >= 4 is 0 Å². The average Bonchev–Trinajstić information content (AvgIpc) is 2.66. The SMILES string of the molecule is CC(NCC(O)C(C)C)c1ccco1. The molecule has 1 rings (SSSR count). The molecule has 0 saturated carbocycles. The van der Waals surface area contributed by atoms with Crippen LogP contribution in [0.1, 0.15) is 32.6 Å². The molecule has 3 heteroatoms. The van der Waals surface area contributed by atoms with Crippen LogP contribution in [0.3, 0.4) is 0 Å². The summed E-state index contributed by atoms with van der Waals surface area (Å²) in [5.41, 5.74) is 0. The topological polar surface area (TPSA) is 45.4 Å². The Morgan fingerprint density at radius 2 is 2.14 bits per heavy atom. The molecule has 0 fully saturated rings. The molecular weight excluding hydrogens is 178 g/mol. The van der Waals surface area contributed by atoms with Crippen LogP contribution in [0.2, 0.25) is 0 Å². The molecule has 0 saturated heterocycles. The highest BCUT2D eigenvalue weighted by atomic mass is 16.3. The van der Waals surface area contributed by atoms with E-state index in [9.17, 15) is 5.11 Å². The van der Waals surface area contributed by atoms with Crippen LogP contribution in [0, 0.1) is 5.92 Å². The molecular formula is C11H19NO2. The zero-order valence-electron chi connectivity index (χ0n) is 9.03. The zero-order valence-corrected chi connectivity index (χ0v) is 9.03. The second-order valence-corrected chi connectivity index (χ2v) is 3.96. The number of aliphatic hydroxyl groups is 1. The lowest BCUT2D eigenvalue weighted by atomic mass is 10.1. The van der Waals surface area contributed by atoms with Gasteiger partial charge in [-0.3, -0.25) is 0 Å². The van der Waals surface area contributed by atoms with Gasteiger partial charge in [-0.05, 0) is 25.0 Å². The largest absolute Gasteiger partial charge is 0.468 e. The highest BCUT2D eigenvalue weighted by Crippen LogP contribution is 2.12. The summed E-state index contributed by atoms with van der Waals surface area (Å²) >= 11 is 0. The van der Waals surface area contributed by atoms with E-state index in [1.165, 1.54) is 0 Å². The second kappa shape index (κ2) is 5.17. The highest BCUT2D eigenvalue weighted by molar-refractivity contribution is 5.02. The van der Waals surface area contributed by atoms with E-state index in [1.807, 2.05) is 32.9 Å². The van der Waals surface area contributed by atoms with Gasteiger partial charge in [0.25, 0.3) is 0 Å². The maximum atomic E-state index is 9.58. The molecule has 1 aromatic rings. The van der Waals surface area contributed by atoms with Crippen molar-refractivity contribution in [2.24, 2.45) is 5.92 Å². The lowest BCUT2D eigenvalue weighted by Crippen LogP contribution is -2.32. The third kappa shape index (κ3) is 3.16. The molecule has 1 heterocycles. The van der Waals surface area contributed by atoms with Crippen molar-refractivity contribution < 1.29 is 9.52 Å². The maximum absolute atomic E-state index is 9.58. The van der Waals surface area contributed by atoms with Gasteiger partial charge in [0.1, 0.15) is 5.76 Å². The Hall–Kier alpha value is -0.800. The Morgan fingerprint density at radius 1 is 1.43 bits per heavy atom. The molecule has 14 heavy (non-hydrogen) atoms. The number of nitrogens with one attached hydrogen (secondary N) is 1. The minimum Gasteiger partial charge on any atom is -0.468 e. The van der Waals surface area contributed by atoms with Gasteiger partial charge in [0.2, 0.25) is 0 Å². The Balaban J connectivity index is 2.32. The van der Waals surface area contributed by atoms with Crippen LogP contribution < -0.4 is 5.32 Å². The van der Waals surface area contributed by atoms with Gasteiger partial charge >= 0.3 is 0 Å². The monoisotopic (exact) mass is 197 g/mol. The third-order valence-electron chi connectivity index (χ3n) is 2.37. The summed E-state index contributed by atoms with van der Waals surface area (Å²) in [6, 6.07) is 3.95. The Morgan fingerprint density at radius 3 is 2.64 bits per heavy atom. The molecule has 0 aliphatic heterocycles. The minimum atomic E-state index is -0.299. The molecule has 80 valence electrons. The predicted molar refractivity (Wildman–Crippen MR) is 56.0 cm³/mol. The number of hydrogen-bond donors (Lipinski definition) is 2. The molecule has 0 aliphatic rings. The van der Waals surface area contributed by atoms with Crippen molar-refractivity contribution in [3.05, 3.63) is 24.2 Å². The van der Waals surface area contributed by atoms with Gasteiger partial charge in [-0.1, -0.05) is 13.8 Å². The molecule has 2 N–H and O–H groups in total. The van der Waals surface area contributed by atoms with Gasteiger partial charge in [-0.25, -0.2) is 0 Å². The minimum absolute atomic E-state index is 0.151. The maximum Gasteiger partial charge on any atom is 0.120 e. The fourth-order valence-corrected chi connectivity index (χ4v) is 1.17. The Bertz CT molecular complexity index is 244. The van der Waals surface area contributed by atoms with Gasteiger partial charge in [0.15, 0.2) is 0 Å². The van der Waals surface area contributed by atoms with Crippen LogP contribution in [0.25, 0.3) is 0 Å². The highest BCUT2D eigenvalue weighted by Gasteiger charge is 2.12. The molecule has 0 spiro atoms. The van der Waals surface area contributed by atoms with E-state index < -0.39 is 0 Å². The van der Waals surface area contributed by atoms with Crippen LogP contribution in [0.5, 0.6) is 0 Å². The van der Waals surface area contributed by atoms with E-state index in [-0.39, 0.29) is 18.1 Å². The van der Waals surface area contributed by atoms with E-state index >= 15 is 0 Å². The molecule has 1 aromatic heterocycles. The van der Waals surface area contributed by atoms with Crippen LogP contribution in [-0.2, 0) is 0 Å². The molecule has 0 aromatic carbocycles. The molecule has 0 amide bonds. The molecule has 3 nitrogen and oxygen atoms in total. The van der Waals surface area contributed by atoms with E-state index in [2.05, 4.69) is 5.32 Å². The average molecular weight is 197 g/mol. The Labute approximate surface area is 85.1 Å². The smallest absolute Gasteiger partial charge is 0.120 e. The number of rotatable bonds is 5. The van der Waals surface area contributed by atoms with Gasteiger partial charge in [0, 0.05) is 6.54 Å². The van der Waals surface area contributed by atoms with Crippen LogP contribution in [0.15, 0.2) is 22.8 Å². The van der Waals surface area contributed by atoms with Gasteiger partial charge in [0.05, 0.1) is 18.4 Å². The normalized spacial score (nSPS) is 15.8. The zero-order chi connectivity index (χ0) is 10.6. The first-order chi connectivity index (χ1) is 6.61. The molecule has 0 aliphatic carbocycles. The van der Waals surface area contributed by atoms with E-state index in [4.69, 9.17) is 4.42 Å². The molecule has 0 radical (unpaired) electrons. The summed E-state index contributed by atoms with van der Waals surface area (Å²) in [6.07, 6.45) is 1.36. The molecule has 0 bridgehead atoms. The van der Waals surface area contributed by atoms with Crippen molar-refractivity contribution in [1.29, 1.82) is 0 Å². The number of furan rings is 1. The lowest BCUT2D eigenvalue weighted by Gasteiger charge is -2.18. The summed E-state index contributed by atoms with van der Waals surface area (Å²) in [5, 5.41) is 12.8. The first kappa shape index (κ1) is 11.3. The number of hydrogen-bond acceptors (Lipinski definition) is 3. The van der Waals surface area contributed by atoms with Crippen molar-refractivity contribution in [2.75, 3.05) is 6.54 Å². The van der Waals surface area contributed by atoms with Crippen molar-refractivity contribution in [3.8, 4) is 0 Å². The summed E-state index contributed by atoms with van der Waals surface area (Å²) < 4.78 is 5.24. The van der Waals surface area contributed by atoms with Gasteiger partial charge in [-0.2, -0.15) is 0 Å².